The molecular formula is C21H25NO5. The standard InChI is InChI=1S/C21H25NO5/c1-5-26-17-8-10-20(27-6-2)18(13-17)22-21(24)12-16-11-15(14(3)23)7-9-19(16)25-4/h7-11,13H,5-6,12H2,1-4H3,(H,22,24). The fourth-order valence-electron chi connectivity index (χ4n) is 2.65. The van der Waals surface area contributed by atoms with Crippen LogP contribution in [-0.2, 0) is 11.2 Å². The van der Waals surface area contributed by atoms with Gasteiger partial charge in [-0.15, -0.1) is 0 Å². The van der Waals surface area contributed by atoms with Gasteiger partial charge in [-0.1, -0.05) is 0 Å². The number of carbonyl (C=O) groups is 2. The molecule has 1 N–H and O–H groups in total. The molecule has 0 spiro atoms. The van der Waals surface area contributed by atoms with Crippen molar-refractivity contribution in [2.24, 2.45) is 0 Å². The monoisotopic (exact) mass is 371 g/mol. The van der Waals surface area contributed by atoms with Gasteiger partial charge in [-0.3, -0.25) is 9.59 Å². The topological polar surface area (TPSA) is 73.9 Å². The number of hydrogen-bond donors (Lipinski definition) is 1. The zero-order chi connectivity index (χ0) is 19.8. The second kappa shape index (κ2) is 9.62. The molecule has 6 nitrogen and oxygen atoms in total. The molecule has 0 aliphatic rings. The molecule has 1 amide bonds. The number of rotatable bonds is 9. The highest BCUT2D eigenvalue weighted by Gasteiger charge is 2.14. The van der Waals surface area contributed by atoms with Crippen molar-refractivity contribution in [1.82, 2.24) is 0 Å². The summed E-state index contributed by atoms with van der Waals surface area (Å²) in [4.78, 5) is 24.2. The van der Waals surface area contributed by atoms with Gasteiger partial charge in [0.1, 0.15) is 17.2 Å². The van der Waals surface area contributed by atoms with Crippen LogP contribution in [0.5, 0.6) is 17.2 Å². The Morgan fingerprint density at radius 1 is 0.963 bits per heavy atom. The Hall–Kier alpha value is -3.02. The predicted octanol–water partition coefficient (Wildman–Crippen LogP) is 3.88. The van der Waals surface area contributed by atoms with Gasteiger partial charge in [0.15, 0.2) is 5.78 Å². The molecule has 0 saturated carbocycles. The number of ketones is 1. The highest BCUT2D eigenvalue weighted by Crippen LogP contribution is 2.30. The summed E-state index contributed by atoms with van der Waals surface area (Å²) in [6.45, 7) is 6.25. The molecule has 6 heteroatoms. The van der Waals surface area contributed by atoms with Crippen LogP contribution in [0.25, 0.3) is 0 Å². The van der Waals surface area contributed by atoms with Crippen LogP contribution in [0.1, 0.15) is 36.7 Å². The molecule has 0 unspecified atom stereocenters. The molecule has 27 heavy (non-hydrogen) atoms. The van der Waals surface area contributed by atoms with Gasteiger partial charge in [0.25, 0.3) is 0 Å². The largest absolute Gasteiger partial charge is 0.496 e. The Morgan fingerprint density at radius 2 is 1.67 bits per heavy atom. The number of amides is 1. The Morgan fingerprint density at radius 3 is 2.30 bits per heavy atom. The van der Waals surface area contributed by atoms with E-state index in [1.54, 1.807) is 36.4 Å². The third-order valence-corrected chi connectivity index (χ3v) is 3.87. The van der Waals surface area contributed by atoms with E-state index >= 15 is 0 Å². The zero-order valence-corrected chi connectivity index (χ0v) is 16.1. The second-order valence-corrected chi connectivity index (χ2v) is 5.83. The van der Waals surface area contributed by atoms with Gasteiger partial charge in [-0.2, -0.15) is 0 Å². The van der Waals surface area contributed by atoms with Crippen LogP contribution in [0.4, 0.5) is 5.69 Å². The van der Waals surface area contributed by atoms with Crippen LogP contribution < -0.4 is 19.5 Å². The molecule has 0 radical (unpaired) electrons. The molecule has 2 aromatic carbocycles. The third-order valence-electron chi connectivity index (χ3n) is 3.87. The maximum atomic E-state index is 12.6. The smallest absolute Gasteiger partial charge is 0.229 e. The fourth-order valence-corrected chi connectivity index (χ4v) is 2.65. The number of ether oxygens (including phenoxy) is 3. The van der Waals surface area contributed by atoms with Crippen molar-refractivity contribution in [3.05, 3.63) is 47.5 Å². The zero-order valence-electron chi connectivity index (χ0n) is 16.1. The molecular weight excluding hydrogens is 346 g/mol. The lowest BCUT2D eigenvalue weighted by molar-refractivity contribution is -0.115. The predicted molar refractivity (Wildman–Crippen MR) is 104 cm³/mol. The quantitative estimate of drug-likeness (QED) is 0.677. The van der Waals surface area contributed by atoms with Crippen molar-refractivity contribution >= 4 is 17.4 Å². The Balaban J connectivity index is 2.23. The molecule has 0 fully saturated rings. The molecule has 0 aromatic heterocycles. The first-order valence-corrected chi connectivity index (χ1v) is 8.85. The van der Waals surface area contributed by atoms with Crippen molar-refractivity contribution in [1.29, 1.82) is 0 Å². The summed E-state index contributed by atoms with van der Waals surface area (Å²) in [5, 5.41) is 2.86. The average molecular weight is 371 g/mol. The highest BCUT2D eigenvalue weighted by molar-refractivity contribution is 5.96. The molecule has 0 saturated heterocycles. The molecule has 0 atom stereocenters. The van der Waals surface area contributed by atoms with E-state index < -0.39 is 0 Å². The van der Waals surface area contributed by atoms with Crippen molar-refractivity contribution in [3.8, 4) is 17.2 Å². The molecule has 2 rings (SSSR count). The van der Waals surface area contributed by atoms with Gasteiger partial charge >= 0.3 is 0 Å². The lowest BCUT2D eigenvalue weighted by Crippen LogP contribution is -2.16. The second-order valence-electron chi connectivity index (χ2n) is 5.83. The molecule has 144 valence electrons. The first kappa shape index (κ1) is 20.3. The van der Waals surface area contributed by atoms with Crippen LogP contribution in [0.2, 0.25) is 0 Å². The summed E-state index contributed by atoms with van der Waals surface area (Å²) in [6.07, 6.45) is 0.0642. The average Bonchev–Trinajstić information content (AvgIpc) is 2.64. The summed E-state index contributed by atoms with van der Waals surface area (Å²) in [5.41, 5.74) is 1.71. The Kier molecular flexibility index (Phi) is 7.23. The van der Waals surface area contributed by atoms with Gasteiger partial charge in [-0.25, -0.2) is 0 Å². The Labute approximate surface area is 159 Å². The maximum Gasteiger partial charge on any atom is 0.229 e. The van der Waals surface area contributed by atoms with Crippen LogP contribution in [0.3, 0.4) is 0 Å². The number of nitrogens with one attached hydrogen (secondary N) is 1. The van der Waals surface area contributed by atoms with Gasteiger partial charge in [0.2, 0.25) is 5.91 Å². The lowest BCUT2D eigenvalue weighted by Gasteiger charge is -2.14. The van der Waals surface area contributed by atoms with Crippen LogP contribution in [-0.4, -0.2) is 32.0 Å². The van der Waals surface area contributed by atoms with Gasteiger partial charge < -0.3 is 19.5 Å². The van der Waals surface area contributed by atoms with Crippen molar-refractivity contribution < 1.29 is 23.8 Å². The number of carbonyl (C=O) groups excluding carboxylic acids is 2. The van der Waals surface area contributed by atoms with Crippen LogP contribution in [0, 0.1) is 0 Å². The summed E-state index contributed by atoms with van der Waals surface area (Å²) < 4.78 is 16.4. The maximum absolute atomic E-state index is 12.6. The van der Waals surface area contributed by atoms with E-state index in [0.717, 1.165) is 0 Å². The molecule has 0 aliphatic carbocycles. The van der Waals surface area contributed by atoms with E-state index in [1.165, 1.54) is 14.0 Å². The fraction of sp³-hybridized carbons (Fsp3) is 0.333. The number of anilines is 1. The minimum Gasteiger partial charge on any atom is -0.496 e. The number of benzene rings is 2. The van der Waals surface area contributed by atoms with E-state index in [-0.39, 0.29) is 18.1 Å². The third kappa shape index (κ3) is 5.48. The van der Waals surface area contributed by atoms with E-state index in [2.05, 4.69) is 5.32 Å². The van der Waals surface area contributed by atoms with E-state index in [9.17, 15) is 9.59 Å². The Bertz CT molecular complexity index is 816. The minimum absolute atomic E-state index is 0.0642. The molecule has 0 aliphatic heterocycles. The normalized spacial score (nSPS) is 10.2. The number of Topliss-reactive ketones (excluding diaryl/α,β-unsaturated/α-hetero) is 1. The van der Waals surface area contributed by atoms with Crippen molar-refractivity contribution in [2.45, 2.75) is 27.2 Å². The first-order valence-electron chi connectivity index (χ1n) is 8.85. The molecule has 0 heterocycles. The first-order chi connectivity index (χ1) is 13.0. The number of methoxy groups -OCH3 is 1. The van der Waals surface area contributed by atoms with E-state index in [1.807, 2.05) is 13.8 Å². The van der Waals surface area contributed by atoms with Crippen LogP contribution in [0.15, 0.2) is 36.4 Å². The lowest BCUT2D eigenvalue weighted by atomic mass is 10.0. The van der Waals surface area contributed by atoms with E-state index in [0.29, 0.717) is 47.3 Å². The van der Waals surface area contributed by atoms with Gasteiger partial charge in [0.05, 0.1) is 32.4 Å². The van der Waals surface area contributed by atoms with Gasteiger partial charge in [-0.05, 0) is 51.1 Å². The molecule has 0 bridgehead atoms. The summed E-state index contributed by atoms with van der Waals surface area (Å²) in [6, 6.07) is 10.4. The highest BCUT2D eigenvalue weighted by atomic mass is 16.5. The number of hydrogen-bond acceptors (Lipinski definition) is 5. The van der Waals surface area contributed by atoms with Crippen molar-refractivity contribution in [3.63, 3.8) is 0 Å². The summed E-state index contributed by atoms with van der Waals surface area (Å²) in [7, 11) is 1.53. The van der Waals surface area contributed by atoms with Crippen molar-refractivity contribution in [2.75, 3.05) is 25.6 Å². The molecule has 2 aromatic rings. The van der Waals surface area contributed by atoms with E-state index in [4.69, 9.17) is 14.2 Å². The van der Waals surface area contributed by atoms with Crippen LogP contribution >= 0.6 is 0 Å². The van der Waals surface area contributed by atoms with Gasteiger partial charge in [0, 0.05) is 17.2 Å². The SMILES string of the molecule is CCOc1ccc(OCC)c(NC(=O)Cc2cc(C(C)=O)ccc2OC)c1. The minimum atomic E-state index is -0.247. The summed E-state index contributed by atoms with van der Waals surface area (Å²) >= 11 is 0. The summed E-state index contributed by atoms with van der Waals surface area (Å²) in [5.74, 6) is 1.46.